The van der Waals surface area contributed by atoms with Crippen molar-refractivity contribution in [2.75, 3.05) is 5.32 Å². The number of nitrogens with one attached hydrogen (secondary N) is 2. The van der Waals surface area contributed by atoms with E-state index in [0.717, 1.165) is 0 Å². The molecule has 0 amide bonds. The molecule has 2 N–H and O–H groups in total. The summed E-state index contributed by atoms with van der Waals surface area (Å²) in [5.41, 5.74) is 0.386. The highest BCUT2D eigenvalue weighted by Gasteiger charge is 2.25. The normalized spacial score (nSPS) is 17.2. The Morgan fingerprint density at radius 2 is 2.00 bits per heavy atom. The third-order valence-electron chi connectivity index (χ3n) is 4.03. The minimum absolute atomic E-state index is 0.203. The van der Waals surface area contributed by atoms with Crippen LogP contribution in [0, 0.1) is 5.82 Å². The first kappa shape index (κ1) is 14.6. The second-order valence-corrected chi connectivity index (χ2v) is 5.81. The Bertz CT molecular complexity index is 823. The zero-order valence-electron chi connectivity index (χ0n) is 12.5. The van der Waals surface area contributed by atoms with Crippen molar-refractivity contribution in [1.82, 2.24) is 9.55 Å². The number of aromatic nitrogens is 2. The van der Waals surface area contributed by atoms with E-state index in [4.69, 9.17) is 0 Å². The van der Waals surface area contributed by atoms with Crippen molar-refractivity contribution in [2.45, 2.75) is 38.8 Å². The molecule has 1 atom stereocenters. The van der Waals surface area contributed by atoms with Gasteiger partial charge in [0.2, 0.25) is 0 Å². The molecule has 0 bridgehead atoms. The molecule has 1 unspecified atom stereocenters. The summed E-state index contributed by atoms with van der Waals surface area (Å²) in [5, 5.41) is 3.09. The topological polar surface area (TPSA) is 66.9 Å². The number of benzene rings is 1. The lowest BCUT2D eigenvalue weighted by atomic mass is 9.95. The van der Waals surface area contributed by atoms with Gasteiger partial charge in [0.25, 0.3) is 5.56 Å². The molecule has 0 fully saturated rings. The summed E-state index contributed by atoms with van der Waals surface area (Å²) in [6.07, 6.45) is 1.11. The summed E-state index contributed by atoms with van der Waals surface area (Å²) in [7, 11) is 0. The van der Waals surface area contributed by atoms with Gasteiger partial charge in [-0.05, 0) is 32.8 Å². The first-order chi connectivity index (χ1) is 10.5. The quantitative estimate of drug-likeness (QED) is 0.895. The maximum atomic E-state index is 13.9. The summed E-state index contributed by atoms with van der Waals surface area (Å²) in [5.74, 6) is 0.118. The van der Waals surface area contributed by atoms with E-state index in [2.05, 4.69) is 10.3 Å². The van der Waals surface area contributed by atoms with Gasteiger partial charge in [0.05, 0.1) is 11.6 Å². The molecule has 5 nitrogen and oxygen atoms in total. The van der Waals surface area contributed by atoms with Crippen LogP contribution < -0.4 is 16.6 Å². The fourth-order valence-corrected chi connectivity index (χ4v) is 2.94. The van der Waals surface area contributed by atoms with E-state index >= 15 is 0 Å². The first-order valence-electron chi connectivity index (χ1n) is 7.37. The molecule has 3 rings (SSSR count). The van der Waals surface area contributed by atoms with Gasteiger partial charge < -0.3 is 5.32 Å². The molecule has 6 heteroatoms. The van der Waals surface area contributed by atoms with Gasteiger partial charge in [-0.1, -0.05) is 18.2 Å². The van der Waals surface area contributed by atoms with Crippen LogP contribution in [0.5, 0.6) is 0 Å². The molecule has 0 radical (unpaired) electrons. The number of hydrogen-bond donors (Lipinski definition) is 2. The fraction of sp³-hybridized carbons (Fsp3) is 0.375. The van der Waals surface area contributed by atoms with Gasteiger partial charge in [-0.15, -0.1) is 0 Å². The molecule has 1 aliphatic heterocycles. The molecular weight excluding hydrogens is 285 g/mol. The van der Waals surface area contributed by atoms with Crippen LogP contribution in [0.25, 0.3) is 0 Å². The first-order valence-corrected chi connectivity index (χ1v) is 7.37. The lowest BCUT2D eigenvalue weighted by Crippen LogP contribution is -2.41. The van der Waals surface area contributed by atoms with Gasteiger partial charge in [0, 0.05) is 11.6 Å². The van der Waals surface area contributed by atoms with E-state index in [1.165, 1.54) is 10.6 Å². The van der Waals surface area contributed by atoms with E-state index in [0.29, 0.717) is 29.8 Å². The Kier molecular flexibility index (Phi) is 3.60. The summed E-state index contributed by atoms with van der Waals surface area (Å²) < 4.78 is 15.1. The van der Waals surface area contributed by atoms with Crippen molar-refractivity contribution in [2.24, 2.45) is 0 Å². The lowest BCUT2D eigenvalue weighted by Gasteiger charge is -2.27. The molecular formula is C16H18FN3O2. The highest BCUT2D eigenvalue weighted by Crippen LogP contribution is 2.30. The van der Waals surface area contributed by atoms with Crippen LogP contribution >= 0.6 is 0 Å². The highest BCUT2D eigenvalue weighted by molar-refractivity contribution is 5.48. The third-order valence-corrected chi connectivity index (χ3v) is 4.03. The molecule has 0 saturated heterocycles. The maximum Gasteiger partial charge on any atom is 0.330 e. The molecule has 1 aliphatic rings. The number of aromatic amines is 1. The number of fused-ring (bicyclic) bond motifs is 1. The van der Waals surface area contributed by atoms with Crippen LogP contribution in [0.2, 0.25) is 0 Å². The van der Waals surface area contributed by atoms with Crippen molar-refractivity contribution in [3.05, 3.63) is 62.0 Å². The Morgan fingerprint density at radius 3 is 2.68 bits per heavy atom. The van der Waals surface area contributed by atoms with Crippen LogP contribution in [0.3, 0.4) is 0 Å². The average Bonchev–Trinajstić information content (AvgIpc) is 2.46. The van der Waals surface area contributed by atoms with Crippen molar-refractivity contribution < 1.29 is 4.39 Å². The van der Waals surface area contributed by atoms with E-state index in [-0.39, 0.29) is 23.5 Å². The highest BCUT2D eigenvalue weighted by atomic mass is 19.1. The SMILES string of the molecule is CC(C)n1c(=O)[nH]c2c(c1=O)CCC(c1ccccc1F)N2. The van der Waals surface area contributed by atoms with Crippen LogP contribution in [0.15, 0.2) is 33.9 Å². The van der Waals surface area contributed by atoms with Crippen LogP contribution in [0.4, 0.5) is 10.2 Å². The molecule has 1 aromatic heterocycles. The fourth-order valence-electron chi connectivity index (χ4n) is 2.94. The van der Waals surface area contributed by atoms with E-state index in [9.17, 15) is 14.0 Å². The number of anilines is 1. The van der Waals surface area contributed by atoms with Crippen molar-refractivity contribution in [1.29, 1.82) is 0 Å². The zero-order valence-corrected chi connectivity index (χ0v) is 12.5. The number of H-pyrrole nitrogens is 1. The Labute approximate surface area is 126 Å². The smallest absolute Gasteiger partial charge is 0.330 e. The maximum absolute atomic E-state index is 13.9. The zero-order chi connectivity index (χ0) is 15.9. The monoisotopic (exact) mass is 303 g/mol. The molecule has 22 heavy (non-hydrogen) atoms. The Morgan fingerprint density at radius 1 is 1.27 bits per heavy atom. The van der Waals surface area contributed by atoms with Crippen LogP contribution in [0.1, 0.15) is 43.5 Å². The van der Waals surface area contributed by atoms with Crippen molar-refractivity contribution in [3.8, 4) is 0 Å². The van der Waals surface area contributed by atoms with Gasteiger partial charge in [0.1, 0.15) is 11.6 Å². The van der Waals surface area contributed by atoms with Crippen molar-refractivity contribution in [3.63, 3.8) is 0 Å². The Hall–Kier alpha value is -2.37. The molecule has 116 valence electrons. The number of halogens is 1. The molecule has 0 spiro atoms. The molecule has 0 saturated carbocycles. The molecule has 0 aliphatic carbocycles. The van der Waals surface area contributed by atoms with Crippen LogP contribution in [-0.2, 0) is 6.42 Å². The standard InChI is InChI=1S/C16H18FN3O2/c1-9(2)20-15(21)11-7-8-13(18-14(11)19-16(20)22)10-5-3-4-6-12(10)17/h3-6,9,13,18H,7-8H2,1-2H3,(H,19,22). The summed E-state index contributed by atoms with van der Waals surface area (Å²) in [6.45, 7) is 3.59. The second kappa shape index (κ2) is 5.44. The lowest BCUT2D eigenvalue weighted by molar-refractivity contribution is 0.525. The third kappa shape index (κ3) is 2.34. The van der Waals surface area contributed by atoms with Gasteiger partial charge in [0.15, 0.2) is 0 Å². The van der Waals surface area contributed by atoms with Gasteiger partial charge in [-0.25, -0.2) is 9.18 Å². The average molecular weight is 303 g/mol. The number of rotatable bonds is 2. The molecule has 1 aromatic carbocycles. The predicted molar refractivity (Wildman–Crippen MR) is 82.8 cm³/mol. The second-order valence-electron chi connectivity index (χ2n) is 5.81. The van der Waals surface area contributed by atoms with Crippen LogP contribution in [-0.4, -0.2) is 9.55 Å². The number of hydrogen-bond acceptors (Lipinski definition) is 3. The van der Waals surface area contributed by atoms with Gasteiger partial charge in [-0.2, -0.15) is 0 Å². The summed E-state index contributed by atoms with van der Waals surface area (Å²) in [4.78, 5) is 27.2. The molecule has 2 heterocycles. The van der Waals surface area contributed by atoms with Gasteiger partial charge >= 0.3 is 5.69 Å². The summed E-state index contributed by atoms with van der Waals surface area (Å²) in [6, 6.07) is 6.08. The minimum Gasteiger partial charge on any atom is -0.364 e. The number of nitrogens with zero attached hydrogens (tertiary/aromatic N) is 1. The van der Waals surface area contributed by atoms with Gasteiger partial charge in [-0.3, -0.25) is 14.3 Å². The predicted octanol–water partition coefficient (Wildman–Crippen LogP) is 2.36. The van der Waals surface area contributed by atoms with E-state index in [1.807, 2.05) is 0 Å². The van der Waals surface area contributed by atoms with E-state index < -0.39 is 5.69 Å². The Balaban J connectivity index is 2.03. The summed E-state index contributed by atoms with van der Waals surface area (Å²) >= 11 is 0. The largest absolute Gasteiger partial charge is 0.364 e. The van der Waals surface area contributed by atoms with E-state index in [1.54, 1.807) is 32.0 Å². The molecule has 2 aromatic rings. The van der Waals surface area contributed by atoms with Crippen molar-refractivity contribution >= 4 is 5.82 Å². The minimum atomic E-state index is -0.444.